The number of nitrogen functional groups attached to an aromatic ring is 1. The van der Waals surface area contributed by atoms with Gasteiger partial charge >= 0.3 is 0 Å². The Balaban J connectivity index is 2.31. The van der Waals surface area contributed by atoms with Crippen LogP contribution in [-0.4, -0.2) is 20.0 Å². The summed E-state index contributed by atoms with van der Waals surface area (Å²) in [5.74, 6) is -0.260. The van der Waals surface area contributed by atoms with Gasteiger partial charge in [-0.25, -0.2) is 0 Å². The van der Waals surface area contributed by atoms with E-state index in [9.17, 15) is 4.79 Å². The van der Waals surface area contributed by atoms with Gasteiger partial charge in [0.25, 0.3) is 5.91 Å². The molecule has 0 aliphatic rings. The molecule has 0 aromatic heterocycles. The molecule has 0 saturated heterocycles. The van der Waals surface area contributed by atoms with Crippen LogP contribution in [0.5, 0.6) is 0 Å². The summed E-state index contributed by atoms with van der Waals surface area (Å²) in [5, 5.41) is 3.61. The summed E-state index contributed by atoms with van der Waals surface area (Å²) in [6.45, 7) is 0. The Morgan fingerprint density at radius 2 is 1.81 bits per heavy atom. The van der Waals surface area contributed by atoms with Crippen molar-refractivity contribution >= 4 is 46.2 Å². The molecule has 0 spiro atoms. The van der Waals surface area contributed by atoms with Gasteiger partial charge in [-0.3, -0.25) is 4.79 Å². The van der Waals surface area contributed by atoms with Crippen LogP contribution in [0.15, 0.2) is 36.4 Å². The lowest BCUT2D eigenvalue weighted by molar-refractivity contribution is 0.102. The zero-order valence-corrected chi connectivity index (χ0v) is 13.2. The predicted molar refractivity (Wildman–Crippen MR) is 89.6 cm³/mol. The highest BCUT2D eigenvalue weighted by Gasteiger charge is 2.14. The zero-order chi connectivity index (χ0) is 15.6. The Kier molecular flexibility index (Phi) is 4.60. The normalized spacial score (nSPS) is 10.3. The van der Waals surface area contributed by atoms with Crippen LogP contribution >= 0.6 is 23.2 Å². The fraction of sp³-hybridized carbons (Fsp3) is 0.133. The summed E-state index contributed by atoms with van der Waals surface area (Å²) >= 11 is 11.8. The molecule has 6 heteroatoms. The number of nitrogens with two attached hydrogens (primary N) is 1. The van der Waals surface area contributed by atoms with E-state index in [-0.39, 0.29) is 5.91 Å². The summed E-state index contributed by atoms with van der Waals surface area (Å²) in [5.41, 5.74) is 8.14. The Hall–Kier alpha value is -1.91. The van der Waals surface area contributed by atoms with Gasteiger partial charge in [-0.05, 0) is 36.4 Å². The number of nitrogens with zero attached hydrogens (tertiary/aromatic N) is 1. The number of carbonyl (C=O) groups excluding carboxylic acids is 1. The number of amides is 1. The van der Waals surface area contributed by atoms with Gasteiger partial charge in [0.2, 0.25) is 0 Å². The predicted octanol–water partition coefficient (Wildman–Crippen LogP) is 3.89. The third-order valence-electron chi connectivity index (χ3n) is 2.92. The number of hydrogen-bond acceptors (Lipinski definition) is 3. The molecule has 1 amide bonds. The van der Waals surface area contributed by atoms with Crippen molar-refractivity contribution in [1.29, 1.82) is 0 Å². The molecule has 0 saturated carbocycles. The molecule has 4 nitrogen and oxygen atoms in total. The smallest absolute Gasteiger partial charge is 0.257 e. The Morgan fingerprint density at radius 3 is 2.43 bits per heavy atom. The second-order valence-corrected chi connectivity index (χ2v) is 5.57. The zero-order valence-electron chi connectivity index (χ0n) is 11.7. The van der Waals surface area contributed by atoms with E-state index in [0.29, 0.717) is 27.0 Å². The van der Waals surface area contributed by atoms with Crippen LogP contribution in [0.1, 0.15) is 10.4 Å². The lowest BCUT2D eigenvalue weighted by Crippen LogP contribution is -2.18. The van der Waals surface area contributed by atoms with Crippen LogP contribution in [0.4, 0.5) is 17.1 Å². The number of benzene rings is 2. The number of hydrogen-bond donors (Lipinski definition) is 2. The van der Waals surface area contributed by atoms with Crippen LogP contribution < -0.4 is 16.0 Å². The van der Waals surface area contributed by atoms with Crippen LogP contribution in [-0.2, 0) is 0 Å². The van der Waals surface area contributed by atoms with Crippen molar-refractivity contribution in [3.8, 4) is 0 Å². The third-order valence-corrected chi connectivity index (χ3v) is 3.66. The van der Waals surface area contributed by atoms with E-state index in [1.807, 2.05) is 19.0 Å². The van der Waals surface area contributed by atoms with Crippen molar-refractivity contribution in [2.75, 3.05) is 30.0 Å². The first-order valence-electron chi connectivity index (χ1n) is 6.21. The third kappa shape index (κ3) is 3.60. The first-order valence-corrected chi connectivity index (χ1v) is 6.97. The van der Waals surface area contributed by atoms with Crippen LogP contribution in [0.2, 0.25) is 10.0 Å². The van der Waals surface area contributed by atoms with Crippen LogP contribution in [0.25, 0.3) is 0 Å². The number of rotatable bonds is 3. The first kappa shape index (κ1) is 15.5. The van der Waals surface area contributed by atoms with Gasteiger partial charge in [-0.15, -0.1) is 0 Å². The van der Waals surface area contributed by atoms with Gasteiger partial charge in [-0.1, -0.05) is 23.2 Å². The minimum atomic E-state index is -0.260. The van der Waals surface area contributed by atoms with Crippen molar-refractivity contribution in [3.63, 3.8) is 0 Å². The van der Waals surface area contributed by atoms with E-state index in [2.05, 4.69) is 5.32 Å². The Morgan fingerprint density at radius 1 is 1.10 bits per heavy atom. The largest absolute Gasteiger partial charge is 0.399 e. The average molecular weight is 324 g/mol. The summed E-state index contributed by atoms with van der Waals surface area (Å²) in [7, 11) is 3.73. The van der Waals surface area contributed by atoms with Crippen molar-refractivity contribution < 1.29 is 4.79 Å². The van der Waals surface area contributed by atoms with E-state index in [1.54, 1.807) is 36.4 Å². The number of halogens is 2. The lowest BCUT2D eigenvalue weighted by atomic mass is 10.1. The van der Waals surface area contributed by atoms with E-state index in [1.165, 1.54) is 0 Å². The van der Waals surface area contributed by atoms with E-state index < -0.39 is 0 Å². The Bertz CT molecular complexity index is 687. The van der Waals surface area contributed by atoms with Gasteiger partial charge < -0.3 is 16.0 Å². The van der Waals surface area contributed by atoms with E-state index in [4.69, 9.17) is 28.9 Å². The number of nitrogens with one attached hydrogen (secondary N) is 1. The Labute approximate surface area is 133 Å². The fourth-order valence-corrected chi connectivity index (χ4v) is 2.20. The molecule has 0 aliphatic heterocycles. The summed E-state index contributed by atoms with van der Waals surface area (Å²) in [4.78, 5) is 14.3. The summed E-state index contributed by atoms with van der Waals surface area (Å²) < 4.78 is 0. The van der Waals surface area contributed by atoms with Gasteiger partial charge in [0, 0.05) is 31.2 Å². The molecule has 3 N–H and O–H groups in total. The maximum atomic E-state index is 12.4. The second-order valence-electron chi connectivity index (χ2n) is 4.75. The molecule has 110 valence electrons. The lowest BCUT2D eigenvalue weighted by Gasteiger charge is -2.17. The molecule has 0 radical (unpaired) electrons. The summed E-state index contributed by atoms with van der Waals surface area (Å²) in [6, 6.07) is 10.1. The molecule has 0 unspecified atom stereocenters. The van der Waals surface area contributed by atoms with Gasteiger partial charge in [0.05, 0.1) is 15.6 Å². The molecule has 2 aromatic rings. The van der Waals surface area contributed by atoms with Crippen LogP contribution in [0, 0.1) is 0 Å². The second kappa shape index (κ2) is 6.24. The molecule has 0 fully saturated rings. The molecule has 0 atom stereocenters. The molecular weight excluding hydrogens is 309 g/mol. The SMILES string of the molecule is CN(C)c1ccc(N)cc1C(=O)Nc1ccc(Cl)c(Cl)c1. The average Bonchev–Trinajstić information content (AvgIpc) is 2.42. The van der Waals surface area contributed by atoms with Crippen molar-refractivity contribution in [1.82, 2.24) is 0 Å². The van der Waals surface area contributed by atoms with Crippen LogP contribution in [0.3, 0.4) is 0 Å². The highest BCUT2D eigenvalue weighted by atomic mass is 35.5. The molecule has 0 heterocycles. The topological polar surface area (TPSA) is 58.4 Å². The molecule has 0 aliphatic carbocycles. The van der Waals surface area contributed by atoms with E-state index >= 15 is 0 Å². The van der Waals surface area contributed by atoms with Gasteiger partial charge in [-0.2, -0.15) is 0 Å². The molecule has 0 bridgehead atoms. The maximum absolute atomic E-state index is 12.4. The minimum Gasteiger partial charge on any atom is -0.399 e. The van der Waals surface area contributed by atoms with Gasteiger partial charge in [0.15, 0.2) is 0 Å². The maximum Gasteiger partial charge on any atom is 0.257 e. The standard InChI is InChI=1S/C15H15Cl2N3O/c1-20(2)14-6-3-9(18)7-11(14)15(21)19-10-4-5-12(16)13(17)8-10/h3-8H,18H2,1-2H3,(H,19,21). The highest BCUT2D eigenvalue weighted by Crippen LogP contribution is 2.27. The number of anilines is 3. The van der Waals surface area contributed by atoms with Crippen molar-refractivity contribution in [3.05, 3.63) is 52.0 Å². The highest BCUT2D eigenvalue weighted by molar-refractivity contribution is 6.42. The summed E-state index contributed by atoms with van der Waals surface area (Å²) in [6.07, 6.45) is 0. The molecule has 2 aromatic carbocycles. The molecule has 2 rings (SSSR count). The van der Waals surface area contributed by atoms with E-state index in [0.717, 1.165) is 5.69 Å². The fourth-order valence-electron chi connectivity index (χ4n) is 1.90. The quantitative estimate of drug-likeness (QED) is 0.842. The molecular formula is C15H15Cl2N3O. The van der Waals surface area contributed by atoms with Crippen molar-refractivity contribution in [2.45, 2.75) is 0 Å². The monoisotopic (exact) mass is 323 g/mol. The van der Waals surface area contributed by atoms with Crippen molar-refractivity contribution in [2.24, 2.45) is 0 Å². The first-order chi connectivity index (χ1) is 9.88. The van der Waals surface area contributed by atoms with Gasteiger partial charge in [0.1, 0.15) is 0 Å². The minimum absolute atomic E-state index is 0.260. The number of carbonyl (C=O) groups is 1. The molecule has 21 heavy (non-hydrogen) atoms.